The Kier molecular flexibility index (Phi) is 3.67. The Bertz CT molecular complexity index is 1020. The fourth-order valence-electron chi connectivity index (χ4n) is 3.13. The topological polar surface area (TPSA) is 89.0 Å². The molecule has 0 aliphatic heterocycles. The SMILES string of the molecule is C=CCCn1c2c(c(C)cc1=O)C(=O)c1c(C)cc(=O)[nH]c1C2=O. The summed E-state index contributed by atoms with van der Waals surface area (Å²) in [5.74, 6) is -0.858. The first-order valence-electron chi connectivity index (χ1n) is 7.55. The molecule has 0 fully saturated rings. The number of hydrogen-bond acceptors (Lipinski definition) is 4. The smallest absolute Gasteiger partial charge is 0.251 e. The van der Waals surface area contributed by atoms with Gasteiger partial charge in [-0.25, -0.2) is 0 Å². The van der Waals surface area contributed by atoms with Crippen LogP contribution in [-0.4, -0.2) is 21.1 Å². The maximum atomic E-state index is 12.9. The number of aromatic nitrogens is 2. The summed E-state index contributed by atoms with van der Waals surface area (Å²) < 4.78 is 1.29. The number of carbonyl (C=O) groups is 2. The van der Waals surface area contributed by atoms with Crippen LogP contribution in [0.15, 0.2) is 34.4 Å². The van der Waals surface area contributed by atoms with Gasteiger partial charge in [-0.15, -0.1) is 6.58 Å². The maximum absolute atomic E-state index is 12.9. The highest BCUT2D eigenvalue weighted by atomic mass is 16.2. The van der Waals surface area contributed by atoms with Crippen molar-refractivity contribution < 1.29 is 9.59 Å². The first-order valence-corrected chi connectivity index (χ1v) is 7.55. The number of rotatable bonds is 3. The largest absolute Gasteiger partial charge is 0.318 e. The molecule has 0 atom stereocenters. The summed E-state index contributed by atoms with van der Waals surface area (Å²) in [6.45, 7) is 7.11. The highest BCUT2D eigenvalue weighted by molar-refractivity contribution is 6.27. The summed E-state index contributed by atoms with van der Waals surface area (Å²) >= 11 is 0. The zero-order valence-corrected chi connectivity index (χ0v) is 13.4. The minimum Gasteiger partial charge on any atom is -0.318 e. The van der Waals surface area contributed by atoms with E-state index in [1.165, 1.54) is 16.7 Å². The van der Waals surface area contributed by atoms with Crippen molar-refractivity contribution in [1.29, 1.82) is 0 Å². The van der Waals surface area contributed by atoms with E-state index in [-0.39, 0.29) is 40.4 Å². The average molecular weight is 324 g/mol. The monoisotopic (exact) mass is 324 g/mol. The second-order valence-corrected chi connectivity index (χ2v) is 5.84. The van der Waals surface area contributed by atoms with E-state index >= 15 is 0 Å². The number of hydrogen-bond donors (Lipinski definition) is 1. The van der Waals surface area contributed by atoms with Gasteiger partial charge in [-0.1, -0.05) is 6.08 Å². The van der Waals surface area contributed by atoms with E-state index in [4.69, 9.17) is 0 Å². The molecule has 2 aromatic heterocycles. The number of H-pyrrole nitrogens is 1. The summed E-state index contributed by atoms with van der Waals surface area (Å²) in [4.78, 5) is 52.3. The molecule has 0 bridgehead atoms. The van der Waals surface area contributed by atoms with Gasteiger partial charge in [-0.05, 0) is 31.4 Å². The molecule has 2 aromatic rings. The van der Waals surface area contributed by atoms with Gasteiger partial charge in [0.05, 0.1) is 11.1 Å². The standard InChI is InChI=1S/C18H16N2O4/c1-4-5-6-20-12(22)8-10(3)14-16(20)18(24)15-13(17(14)23)9(2)7-11(21)19-15/h4,7-8H,1,5-6H2,2-3H3,(H,19,21). The third-order valence-electron chi connectivity index (χ3n) is 4.20. The van der Waals surface area contributed by atoms with Crippen LogP contribution in [0.1, 0.15) is 49.7 Å². The maximum Gasteiger partial charge on any atom is 0.251 e. The van der Waals surface area contributed by atoms with E-state index in [9.17, 15) is 19.2 Å². The third-order valence-corrected chi connectivity index (χ3v) is 4.20. The van der Waals surface area contributed by atoms with Gasteiger partial charge in [-0.3, -0.25) is 19.2 Å². The number of nitrogens with zero attached hydrogens (tertiary/aromatic N) is 1. The fraction of sp³-hybridized carbons (Fsp3) is 0.222. The van der Waals surface area contributed by atoms with Gasteiger partial charge in [0.2, 0.25) is 11.3 Å². The normalized spacial score (nSPS) is 12.8. The van der Waals surface area contributed by atoms with Crippen LogP contribution in [0.2, 0.25) is 0 Å². The second-order valence-electron chi connectivity index (χ2n) is 5.84. The van der Waals surface area contributed by atoms with Crippen molar-refractivity contribution in [3.63, 3.8) is 0 Å². The number of pyridine rings is 2. The van der Waals surface area contributed by atoms with E-state index in [0.29, 0.717) is 17.5 Å². The molecule has 1 aliphatic rings. The first-order chi connectivity index (χ1) is 11.4. The van der Waals surface area contributed by atoms with Crippen molar-refractivity contribution in [2.24, 2.45) is 0 Å². The molecule has 6 nitrogen and oxygen atoms in total. The lowest BCUT2D eigenvalue weighted by atomic mass is 9.85. The van der Waals surface area contributed by atoms with Crippen LogP contribution in [0.3, 0.4) is 0 Å². The van der Waals surface area contributed by atoms with Crippen LogP contribution in [0.25, 0.3) is 0 Å². The highest BCUT2D eigenvalue weighted by Gasteiger charge is 2.35. The van der Waals surface area contributed by atoms with Gasteiger partial charge in [0.1, 0.15) is 11.4 Å². The lowest BCUT2D eigenvalue weighted by Gasteiger charge is -2.23. The summed E-state index contributed by atoms with van der Waals surface area (Å²) in [6, 6.07) is 2.65. The third kappa shape index (κ3) is 2.19. The molecule has 0 unspecified atom stereocenters. The zero-order valence-electron chi connectivity index (χ0n) is 13.4. The van der Waals surface area contributed by atoms with Crippen LogP contribution < -0.4 is 11.1 Å². The number of nitrogens with one attached hydrogen (secondary N) is 1. The van der Waals surface area contributed by atoms with Gasteiger partial charge in [0.25, 0.3) is 5.56 Å². The molecule has 122 valence electrons. The van der Waals surface area contributed by atoms with Crippen molar-refractivity contribution in [3.8, 4) is 0 Å². The molecule has 0 saturated carbocycles. The van der Waals surface area contributed by atoms with Crippen LogP contribution in [-0.2, 0) is 6.54 Å². The molecular weight excluding hydrogens is 308 g/mol. The number of ketones is 2. The molecule has 6 heteroatoms. The van der Waals surface area contributed by atoms with Gasteiger partial charge in [-0.2, -0.15) is 0 Å². The Morgan fingerprint density at radius 1 is 1.04 bits per heavy atom. The molecule has 0 amide bonds. The predicted molar refractivity (Wildman–Crippen MR) is 88.9 cm³/mol. The van der Waals surface area contributed by atoms with Crippen molar-refractivity contribution in [2.45, 2.75) is 26.8 Å². The van der Waals surface area contributed by atoms with Gasteiger partial charge in [0.15, 0.2) is 5.78 Å². The minimum atomic E-state index is -0.509. The summed E-state index contributed by atoms with van der Waals surface area (Å²) in [7, 11) is 0. The van der Waals surface area contributed by atoms with Crippen molar-refractivity contribution >= 4 is 11.6 Å². The van der Waals surface area contributed by atoms with E-state index < -0.39 is 11.3 Å². The van der Waals surface area contributed by atoms with E-state index in [1.807, 2.05) is 0 Å². The quantitative estimate of drug-likeness (QED) is 0.740. The van der Waals surface area contributed by atoms with Crippen molar-refractivity contribution in [3.05, 3.63) is 79.1 Å². The molecule has 1 N–H and O–H groups in total. The molecule has 0 radical (unpaired) electrons. The van der Waals surface area contributed by atoms with Crippen LogP contribution in [0.4, 0.5) is 0 Å². The number of aromatic amines is 1. The Morgan fingerprint density at radius 2 is 1.71 bits per heavy atom. The Balaban J connectivity index is 2.39. The van der Waals surface area contributed by atoms with Gasteiger partial charge >= 0.3 is 0 Å². The fourth-order valence-corrected chi connectivity index (χ4v) is 3.13. The van der Waals surface area contributed by atoms with Crippen molar-refractivity contribution in [2.75, 3.05) is 0 Å². The summed E-state index contributed by atoms with van der Waals surface area (Å²) in [5, 5.41) is 0. The van der Waals surface area contributed by atoms with E-state index in [2.05, 4.69) is 11.6 Å². The Labute approximate surface area is 137 Å². The molecule has 0 aromatic carbocycles. The molecular formula is C18H16N2O4. The van der Waals surface area contributed by atoms with Crippen molar-refractivity contribution in [1.82, 2.24) is 9.55 Å². The van der Waals surface area contributed by atoms with E-state index in [1.54, 1.807) is 19.9 Å². The summed E-state index contributed by atoms with van der Waals surface area (Å²) in [6.07, 6.45) is 2.11. The highest BCUT2D eigenvalue weighted by Crippen LogP contribution is 2.28. The van der Waals surface area contributed by atoms with Crippen LogP contribution >= 0.6 is 0 Å². The predicted octanol–water partition coefficient (Wildman–Crippen LogP) is 1.50. The first kappa shape index (κ1) is 15.9. The van der Waals surface area contributed by atoms with E-state index in [0.717, 1.165) is 0 Å². The number of aryl methyl sites for hydroxylation is 2. The second kappa shape index (κ2) is 5.56. The minimum absolute atomic E-state index is 0.0422. The van der Waals surface area contributed by atoms with Crippen LogP contribution in [0.5, 0.6) is 0 Å². The lowest BCUT2D eigenvalue weighted by molar-refractivity contribution is 0.0965. The molecule has 24 heavy (non-hydrogen) atoms. The molecule has 0 saturated heterocycles. The van der Waals surface area contributed by atoms with Crippen LogP contribution in [0, 0.1) is 13.8 Å². The number of carbonyl (C=O) groups excluding carboxylic acids is 2. The molecule has 3 rings (SSSR count). The molecule has 2 heterocycles. The Hall–Kier alpha value is -3.02. The average Bonchev–Trinajstić information content (AvgIpc) is 2.50. The zero-order chi connectivity index (χ0) is 17.6. The van der Waals surface area contributed by atoms with Gasteiger partial charge < -0.3 is 9.55 Å². The molecule has 0 spiro atoms. The molecule has 1 aliphatic carbocycles. The Morgan fingerprint density at radius 3 is 2.38 bits per heavy atom. The lowest BCUT2D eigenvalue weighted by Crippen LogP contribution is -2.35. The number of fused-ring (bicyclic) bond motifs is 2. The summed E-state index contributed by atoms with van der Waals surface area (Å²) in [5.41, 5.74) is 0.516. The van der Waals surface area contributed by atoms with Gasteiger partial charge in [0, 0.05) is 18.7 Å². The number of allylic oxidation sites excluding steroid dienone is 1.